The maximum absolute atomic E-state index is 13.3. The number of nitrogens with zero attached hydrogens (tertiary/aromatic N) is 1. The van der Waals surface area contributed by atoms with Crippen molar-refractivity contribution in [3.8, 4) is 5.75 Å². The number of halogens is 1. The third kappa shape index (κ3) is 9.49. The highest BCUT2D eigenvalue weighted by Crippen LogP contribution is 2.30. The minimum atomic E-state index is -1.03. The number of aliphatic hydroxyl groups excluding tert-OH is 2. The van der Waals surface area contributed by atoms with Crippen molar-refractivity contribution in [3.63, 3.8) is 0 Å². The number of aliphatic hydroxyl groups is 2. The van der Waals surface area contributed by atoms with E-state index in [4.69, 9.17) is 14.6 Å². The lowest BCUT2D eigenvalue weighted by Gasteiger charge is -2.40. The zero-order valence-corrected chi connectivity index (χ0v) is 23.2. The molecule has 9 heteroatoms. The lowest BCUT2D eigenvalue weighted by molar-refractivity contribution is -0.139. The van der Waals surface area contributed by atoms with E-state index in [2.05, 4.69) is 34.5 Å². The Morgan fingerprint density at radius 3 is 2.75 bits per heavy atom. The Morgan fingerprint density at radius 1 is 1.28 bits per heavy atom. The van der Waals surface area contributed by atoms with Gasteiger partial charge in [-0.25, -0.2) is 0 Å². The molecule has 36 heavy (non-hydrogen) atoms. The molecule has 0 aromatic heterocycles. The largest absolute Gasteiger partial charge is 0.482 e. The van der Waals surface area contributed by atoms with Crippen molar-refractivity contribution < 1.29 is 29.3 Å². The zero-order chi connectivity index (χ0) is 26.3. The summed E-state index contributed by atoms with van der Waals surface area (Å²) in [4.78, 5) is 27.9. The molecular formula is C27H39IN2O6. The van der Waals surface area contributed by atoms with Gasteiger partial charge in [-0.3, -0.25) is 9.59 Å². The van der Waals surface area contributed by atoms with Crippen molar-refractivity contribution in [2.75, 3.05) is 32.9 Å². The first kappa shape index (κ1) is 30.3. The predicted molar refractivity (Wildman–Crippen MR) is 148 cm³/mol. The number of allylic oxidation sites excluding steroid dienone is 1. The van der Waals surface area contributed by atoms with Crippen molar-refractivity contribution in [2.45, 2.75) is 63.7 Å². The minimum Gasteiger partial charge on any atom is -0.482 e. The van der Waals surface area contributed by atoms with Crippen molar-refractivity contribution in [1.82, 2.24) is 10.2 Å². The number of para-hydroxylation sites is 1. The summed E-state index contributed by atoms with van der Waals surface area (Å²) in [5, 5.41) is 23.2. The lowest BCUT2D eigenvalue weighted by Crippen LogP contribution is -2.55. The van der Waals surface area contributed by atoms with Gasteiger partial charge in [0.1, 0.15) is 18.0 Å². The average molecular weight is 615 g/mol. The van der Waals surface area contributed by atoms with E-state index >= 15 is 0 Å². The number of benzene rings is 1. The summed E-state index contributed by atoms with van der Waals surface area (Å²) in [6, 6.07) is 6.81. The van der Waals surface area contributed by atoms with Gasteiger partial charge in [0.05, 0.1) is 16.2 Å². The van der Waals surface area contributed by atoms with Gasteiger partial charge in [0.15, 0.2) is 0 Å². The van der Waals surface area contributed by atoms with E-state index in [1.165, 1.54) is 0 Å². The zero-order valence-electron chi connectivity index (χ0n) is 21.0. The first-order valence-corrected chi connectivity index (χ1v) is 13.7. The molecular weight excluding hydrogens is 575 g/mol. The monoisotopic (exact) mass is 614 g/mol. The highest BCUT2D eigenvalue weighted by atomic mass is 127. The first-order chi connectivity index (χ1) is 17.4. The van der Waals surface area contributed by atoms with Gasteiger partial charge >= 0.3 is 0 Å². The number of carbonyl (C=O) groups excluding carboxylic acids is 2. The smallest absolute Gasteiger partial charge is 0.247 e. The van der Waals surface area contributed by atoms with Crippen molar-refractivity contribution in [1.29, 1.82) is 0 Å². The Balaban J connectivity index is 2.31. The number of carbonyl (C=O) groups is 2. The number of ether oxygens (including phenoxy) is 2. The average Bonchev–Trinajstić information content (AvgIpc) is 2.88. The number of hydrogen-bond donors (Lipinski definition) is 3. The molecule has 0 fully saturated rings. The molecule has 0 spiro atoms. The third-order valence-corrected chi connectivity index (χ3v) is 6.87. The molecule has 1 aliphatic rings. The van der Waals surface area contributed by atoms with Gasteiger partial charge in [0.2, 0.25) is 11.8 Å². The molecule has 0 bridgehead atoms. The van der Waals surface area contributed by atoms with Crippen LogP contribution in [0.15, 0.2) is 48.6 Å². The Labute approximate surface area is 227 Å². The molecule has 0 radical (unpaired) electrons. The van der Waals surface area contributed by atoms with Gasteiger partial charge in [-0.1, -0.05) is 18.2 Å². The summed E-state index contributed by atoms with van der Waals surface area (Å²) < 4.78 is 12.5. The summed E-state index contributed by atoms with van der Waals surface area (Å²) in [6.45, 7) is 7.08. The molecule has 1 aromatic carbocycles. The highest BCUT2D eigenvalue weighted by Gasteiger charge is 2.40. The second-order valence-electron chi connectivity index (χ2n) is 8.62. The van der Waals surface area contributed by atoms with Crippen LogP contribution in [0, 0.1) is 3.57 Å². The Bertz CT molecular complexity index is 878. The Kier molecular flexibility index (Phi) is 14.1. The SMILES string of the molecule is C=CCCCCC(=O)N(CCCOCC)[C@@H]1CC(C(=O)NCCO)=C[C@H](Oc2ccccc2I)[C@H]1O. The maximum Gasteiger partial charge on any atom is 0.247 e. The first-order valence-electron chi connectivity index (χ1n) is 12.6. The topological polar surface area (TPSA) is 108 Å². The van der Waals surface area contributed by atoms with E-state index in [1.54, 1.807) is 11.0 Å². The normalized spacial score (nSPS) is 19.3. The molecule has 1 aliphatic carbocycles. The van der Waals surface area contributed by atoms with E-state index in [9.17, 15) is 14.7 Å². The van der Waals surface area contributed by atoms with Crippen LogP contribution in [0.25, 0.3) is 0 Å². The summed E-state index contributed by atoms with van der Waals surface area (Å²) in [5.41, 5.74) is 0.420. The molecule has 2 rings (SSSR count). The summed E-state index contributed by atoms with van der Waals surface area (Å²) in [6.07, 6.45) is 5.20. The van der Waals surface area contributed by atoms with Gasteiger partial charge in [-0.05, 0) is 73.4 Å². The molecule has 0 saturated carbocycles. The fourth-order valence-corrected chi connectivity index (χ4v) is 4.65. The molecule has 200 valence electrons. The molecule has 8 nitrogen and oxygen atoms in total. The Hall–Kier alpha value is -1.95. The molecule has 3 N–H and O–H groups in total. The van der Waals surface area contributed by atoms with Gasteiger partial charge in [0, 0.05) is 44.7 Å². The van der Waals surface area contributed by atoms with Crippen LogP contribution in [0.4, 0.5) is 0 Å². The van der Waals surface area contributed by atoms with Crippen LogP contribution in [0.3, 0.4) is 0 Å². The molecule has 3 atom stereocenters. The van der Waals surface area contributed by atoms with E-state index in [1.807, 2.05) is 37.3 Å². The molecule has 0 unspecified atom stereocenters. The number of rotatable bonds is 16. The highest BCUT2D eigenvalue weighted by molar-refractivity contribution is 14.1. The van der Waals surface area contributed by atoms with E-state index in [0.29, 0.717) is 43.9 Å². The van der Waals surface area contributed by atoms with E-state index < -0.39 is 18.2 Å². The van der Waals surface area contributed by atoms with Crippen LogP contribution in [0.2, 0.25) is 0 Å². The van der Waals surface area contributed by atoms with Crippen LogP contribution >= 0.6 is 22.6 Å². The van der Waals surface area contributed by atoms with Crippen LogP contribution in [-0.4, -0.2) is 78.1 Å². The summed E-state index contributed by atoms with van der Waals surface area (Å²) in [5.74, 6) is 0.183. The second kappa shape index (κ2) is 16.7. The van der Waals surface area contributed by atoms with Gasteiger partial charge in [-0.2, -0.15) is 0 Å². The third-order valence-electron chi connectivity index (χ3n) is 5.98. The molecule has 1 aromatic rings. The number of amides is 2. The fourth-order valence-electron chi connectivity index (χ4n) is 4.13. The van der Waals surface area contributed by atoms with E-state index in [-0.39, 0.29) is 31.4 Å². The standard InChI is InChI=1S/C27H39IN2O6/c1-3-5-6-7-13-25(32)30(15-10-17-35-4-2)22-18-20(27(34)29-14-16-31)19-24(26(22)33)36-23-12-9-8-11-21(23)28/h3,8-9,11-12,19,22,24,26,31,33H,1,4-7,10,13-18H2,2H3,(H,29,34)/t22-,24+,26+/m1/s1. The summed E-state index contributed by atoms with van der Waals surface area (Å²) in [7, 11) is 0. The van der Waals surface area contributed by atoms with Crippen LogP contribution < -0.4 is 10.1 Å². The fraction of sp³-hybridized carbons (Fsp3) is 0.556. The quantitative estimate of drug-likeness (QED) is 0.150. The minimum absolute atomic E-state index is 0.0651. The molecule has 0 aliphatic heterocycles. The van der Waals surface area contributed by atoms with Crippen LogP contribution in [0.1, 0.15) is 45.4 Å². The number of unbranched alkanes of at least 4 members (excludes halogenated alkanes) is 2. The molecule has 0 saturated heterocycles. The maximum atomic E-state index is 13.3. The number of nitrogens with one attached hydrogen (secondary N) is 1. The lowest BCUT2D eigenvalue weighted by atomic mass is 9.87. The van der Waals surface area contributed by atoms with Gasteiger partial charge < -0.3 is 29.9 Å². The van der Waals surface area contributed by atoms with Crippen molar-refractivity contribution in [3.05, 3.63) is 52.1 Å². The van der Waals surface area contributed by atoms with Gasteiger partial charge in [0.25, 0.3) is 0 Å². The summed E-state index contributed by atoms with van der Waals surface area (Å²) >= 11 is 2.16. The number of hydrogen-bond acceptors (Lipinski definition) is 6. The van der Waals surface area contributed by atoms with Crippen molar-refractivity contribution in [2.24, 2.45) is 0 Å². The molecule has 0 heterocycles. The Morgan fingerprint density at radius 2 is 2.06 bits per heavy atom. The second-order valence-corrected chi connectivity index (χ2v) is 9.78. The van der Waals surface area contributed by atoms with Crippen LogP contribution in [-0.2, 0) is 14.3 Å². The van der Waals surface area contributed by atoms with Crippen molar-refractivity contribution >= 4 is 34.4 Å². The molecule has 2 amide bonds. The van der Waals surface area contributed by atoms with Gasteiger partial charge in [-0.15, -0.1) is 6.58 Å². The van der Waals surface area contributed by atoms with E-state index in [0.717, 1.165) is 22.8 Å². The predicted octanol–water partition coefficient (Wildman–Crippen LogP) is 3.21. The van der Waals surface area contributed by atoms with Crippen LogP contribution in [0.5, 0.6) is 5.75 Å².